The molecule has 0 radical (unpaired) electrons. The van der Waals surface area contributed by atoms with Gasteiger partial charge in [0.1, 0.15) is 5.82 Å². The van der Waals surface area contributed by atoms with E-state index in [1.165, 1.54) is 18.2 Å². The van der Waals surface area contributed by atoms with Gasteiger partial charge in [0.05, 0.1) is 18.0 Å². The first-order chi connectivity index (χ1) is 12.2. The van der Waals surface area contributed by atoms with E-state index in [1.54, 1.807) is 50.2 Å². The summed E-state index contributed by atoms with van der Waals surface area (Å²) >= 11 is 0. The minimum Gasteiger partial charge on any atom is -0.346 e. The first-order valence-electron chi connectivity index (χ1n) is 7.97. The number of carbonyl (C=O) groups excluding carboxylic acids is 1. The molecule has 26 heavy (non-hydrogen) atoms. The summed E-state index contributed by atoms with van der Waals surface area (Å²) in [5.41, 5.74) is 2.51. The van der Waals surface area contributed by atoms with E-state index in [1.807, 2.05) is 0 Å². The summed E-state index contributed by atoms with van der Waals surface area (Å²) in [6, 6.07) is 12.3. The number of sulfonamides is 1. The van der Waals surface area contributed by atoms with Crippen LogP contribution >= 0.6 is 0 Å². The van der Waals surface area contributed by atoms with Crippen molar-refractivity contribution in [1.29, 1.82) is 0 Å². The fourth-order valence-corrected chi connectivity index (χ4v) is 3.08. The van der Waals surface area contributed by atoms with Gasteiger partial charge in [-0.15, -0.1) is 0 Å². The van der Waals surface area contributed by atoms with E-state index in [9.17, 15) is 17.6 Å². The number of halogens is 1. The van der Waals surface area contributed by atoms with Gasteiger partial charge in [-0.25, -0.2) is 12.8 Å². The second-order valence-corrected chi connectivity index (χ2v) is 7.77. The number of hydrogen-bond donors (Lipinski definition) is 2. The Balaban J connectivity index is 2.14. The van der Waals surface area contributed by atoms with Crippen molar-refractivity contribution in [2.75, 3.05) is 11.0 Å². The van der Waals surface area contributed by atoms with Crippen LogP contribution in [0.5, 0.6) is 0 Å². The predicted octanol–water partition coefficient (Wildman–Crippen LogP) is 3.48. The van der Waals surface area contributed by atoms with Crippen molar-refractivity contribution in [3.63, 3.8) is 0 Å². The van der Waals surface area contributed by atoms with Crippen LogP contribution in [0, 0.1) is 5.82 Å². The first-order valence-corrected chi connectivity index (χ1v) is 9.86. The molecular formula is C19H21FN2O3S. The van der Waals surface area contributed by atoms with E-state index >= 15 is 0 Å². The maximum Gasteiger partial charge on any atom is 0.244 e. The number of amides is 1. The highest BCUT2D eigenvalue weighted by Gasteiger charge is 2.14. The molecule has 2 rings (SSSR count). The minimum atomic E-state index is -3.43. The van der Waals surface area contributed by atoms with E-state index in [0.29, 0.717) is 16.8 Å². The Hall–Kier alpha value is -2.67. The van der Waals surface area contributed by atoms with Crippen molar-refractivity contribution in [2.45, 2.75) is 19.9 Å². The molecular weight excluding hydrogens is 355 g/mol. The molecule has 0 spiro atoms. The van der Waals surface area contributed by atoms with Gasteiger partial charge in [-0.3, -0.25) is 9.52 Å². The summed E-state index contributed by atoms with van der Waals surface area (Å²) in [5.74, 6) is -0.664. The number of para-hydroxylation sites is 1. The molecule has 1 unspecified atom stereocenters. The molecule has 2 aromatic carbocycles. The second kappa shape index (κ2) is 8.14. The predicted molar refractivity (Wildman–Crippen MR) is 102 cm³/mol. The molecule has 7 heteroatoms. The van der Waals surface area contributed by atoms with Crippen LogP contribution in [-0.4, -0.2) is 20.6 Å². The van der Waals surface area contributed by atoms with Gasteiger partial charge in [0.2, 0.25) is 15.9 Å². The summed E-state index contributed by atoms with van der Waals surface area (Å²) in [5, 5.41) is 2.81. The van der Waals surface area contributed by atoms with Crippen LogP contribution in [0.3, 0.4) is 0 Å². The highest BCUT2D eigenvalue weighted by Crippen LogP contribution is 2.23. The van der Waals surface area contributed by atoms with E-state index in [4.69, 9.17) is 0 Å². The number of allylic oxidation sites excluding steroid dienone is 1. The van der Waals surface area contributed by atoms with E-state index in [2.05, 4.69) is 10.0 Å². The lowest BCUT2D eigenvalue weighted by Crippen LogP contribution is -2.26. The fourth-order valence-electron chi connectivity index (χ4n) is 2.49. The maximum absolute atomic E-state index is 13.0. The second-order valence-electron chi connectivity index (χ2n) is 6.03. The van der Waals surface area contributed by atoms with E-state index < -0.39 is 16.1 Å². The highest BCUT2D eigenvalue weighted by atomic mass is 32.2. The molecule has 2 aromatic rings. The number of carbonyl (C=O) groups is 1. The number of hydrogen-bond acceptors (Lipinski definition) is 3. The van der Waals surface area contributed by atoms with E-state index in [-0.39, 0.29) is 11.7 Å². The number of anilines is 1. The van der Waals surface area contributed by atoms with Gasteiger partial charge in [-0.1, -0.05) is 30.3 Å². The Morgan fingerprint density at radius 2 is 1.73 bits per heavy atom. The SMILES string of the molecule is C/C(=C/C(=O)NC(C)c1ccccc1NS(C)(=O)=O)c1ccc(F)cc1. The first kappa shape index (κ1) is 19.7. The van der Waals surface area contributed by atoms with Gasteiger partial charge < -0.3 is 5.32 Å². The van der Waals surface area contributed by atoms with E-state index in [0.717, 1.165) is 11.8 Å². The number of benzene rings is 2. The van der Waals surface area contributed by atoms with Gasteiger partial charge in [0.15, 0.2) is 0 Å². The molecule has 0 heterocycles. The lowest BCUT2D eigenvalue weighted by molar-refractivity contribution is -0.117. The van der Waals surface area contributed by atoms with Gasteiger partial charge in [-0.2, -0.15) is 0 Å². The molecule has 138 valence electrons. The monoisotopic (exact) mass is 376 g/mol. The average molecular weight is 376 g/mol. The van der Waals surface area contributed by atoms with Crippen LogP contribution in [0.4, 0.5) is 10.1 Å². The third kappa shape index (κ3) is 5.70. The molecule has 0 saturated carbocycles. The topological polar surface area (TPSA) is 75.3 Å². The molecule has 1 atom stereocenters. The molecule has 2 N–H and O–H groups in total. The Morgan fingerprint density at radius 3 is 2.35 bits per heavy atom. The van der Waals surface area contributed by atoms with Gasteiger partial charge in [0, 0.05) is 6.08 Å². The quantitative estimate of drug-likeness (QED) is 0.758. The van der Waals surface area contributed by atoms with Crippen molar-refractivity contribution in [1.82, 2.24) is 5.32 Å². The summed E-state index contributed by atoms with van der Waals surface area (Å²) in [4.78, 5) is 12.3. The third-order valence-corrected chi connectivity index (χ3v) is 4.32. The van der Waals surface area contributed by atoms with Crippen LogP contribution in [0.1, 0.15) is 31.0 Å². The molecule has 0 aliphatic rings. The van der Waals surface area contributed by atoms with Gasteiger partial charge >= 0.3 is 0 Å². The Morgan fingerprint density at radius 1 is 1.12 bits per heavy atom. The lowest BCUT2D eigenvalue weighted by Gasteiger charge is -2.18. The summed E-state index contributed by atoms with van der Waals surface area (Å²) < 4.78 is 38.4. The molecule has 0 aromatic heterocycles. The zero-order chi connectivity index (χ0) is 19.3. The zero-order valence-corrected chi connectivity index (χ0v) is 15.6. The third-order valence-electron chi connectivity index (χ3n) is 3.73. The molecule has 1 amide bonds. The zero-order valence-electron chi connectivity index (χ0n) is 14.8. The summed E-state index contributed by atoms with van der Waals surface area (Å²) in [6.45, 7) is 3.53. The smallest absolute Gasteiger partial charge is 0.244 e. The van der Waals surface area contributed by atoms with Crippen LogP contribution < -0.4 is 10.0 Å². The standard InChI is InChI=1S/C19H21FN2O3S/c1-13(15-8-10-16(20)11-9-15)12-19(23)21-14(2)17-6-4-5-7-18(17)22-26(3,24)25/h4-12,14,22H,1-3H3,(H,21,23)/b13-12-. The van der Waals surface area contributed by atoms with Crippen molar-refractivity contribution < 1.29 is 17.6 Å². The number of rotatable bonds is 6. The maximum atomic E-state index is 13.0. The Bertz CT molecular complexity index is 922. The molecule has 0 aliphatic heterocycles. The number of nitrogens with one attached hydrogen (secondary N) is 2. The van der Waals surface area contributed by atoms with Gasteiger partial charge in [0.25, 0.3) is 0 Å². The van der Waals surface area contributed by atoms with Crippen LogP contribution in [0.25, 0.3) is 5.57 Å². The van der Waals surface area contributed by atoms with Crippen molar-refractivity contribution in [2.24, 2.45) is 0 Å². The Kier molecular flexibility index (Phi) is 6.15. The van der Waals surface area contributed by atoms with Crippen LogP contribution in [0.15, 0.2) is 54.6 Å². The molecule has 0 fully saturated rings. The average Bonchev–Trinajstić information content (AvgIpc) is 2.54. The van der Waals surface area contributed by atoms with Crippen LogP contribution in [0.2, 0.25) is 0 Å². The fraction of sp³-hybridized carbons (Fsp3) is 0.211. The highest BCUT2D eigenvalue weighted by molar-refractivity contribution is 7.92. The van der Waals surface area contributed by atoms with Crippen molar-refractivity contribution in [3.05, 3.63) is 71.6 Å². The molecule has 0 saturated heterocycles. The minimum absolute atomic E-state index is 0.325. The lowest BCUT2D eigenvalue weighted by atomic mass is 10.1. The Labute approximate surface area is 153 Å². The van der Waals surface area contributed by atoms with Crippen molar-refractivity contribution >= 4 is 27.2 Å². The largest absolute Gasteiger partial charge is 0.346 e. The summed E-state index contributed by atoms with van der Waals surface area (Å²) in [6.07, 6.45) is 2.50. The summed E-state index contributed by atoms with van der Waals surface area (Å²) in [7, 11) is -3.43. The molecule has 0 aliphatic carbocycles. The van der Waals surface area contributed by atoms with Crippen LogP contribution in [-0.2, 0) is 14.8 Å². The molecule has 5 nitrogen and oxygen atoms in total. The van der Waals surface area contributed by atoms with Gasteiger partial charge in [-0.05, 0) is 48.7 Å². The van der Waals surface area contributed by atoms with Crippen molar-refractivity contribution in [3.8, 4) is 0 Å². The normalized spacial score (nSPS) is 13.2. The molecule has 0 bridgehead atoms.